The summed E-state index contributed by atoms with van der Waals surface area (Å²) in [5.74, 6) is 0.544. The number of nitrogens with one attached hydrogen (secondary N) is 1. The highest BCUT2D eigenvalue weighted by atomic mass is 32.1. The van der Waals surface area contributed by atoms with Crippen molar-refractivity contribution in [2.24, 2.45) is 0 Å². The molecule has 1 aromatic heterocycles. The van der Waals surface area contributed by atoms with Crippen molar-refractivity contribution in [1.82, 2.24) is 15.5 Å². The van der Waals surface area contributed by atoms with E-state index < -0.39 is 0 Å². The number of benzene rings is 1. The molecule has 0 aliphatic heterocycles. The lowest BCUT2D eigenvalue weighted by Crippen LogP contribution is -2.25. The summed E-state index contributed by atoms with van der Waals surface area (Å²) >= 11 is 4.06. The number of hydrogen-bond acceptors (Lipinski definition) is 4. The monoisotopic (exact) mass is 261 g/mol. The minimum atomic E-state index is -0.0835. The van der Waals surface area contributed by atoms with E-state index in [1.807, 2.05) is 26.0 Å². The Hall–Kier alpha value is -1.62. The van der Waals surface area contributed by atoms with Crippen molar-refractivity contribution in [3.8, 4) is 0 Å². The number of hydrogen-bond donors (Lipinski definition) is 2. The second-order valence-corrected chi connectivity index (χ2v) is 4.57. The van der Waals surface area contributed by atoms with Crippen molar-refractivity contribution in [2.45, 2.75) is 13.8 Å². The fraction of sp³-hybridized carbons (Fsp3) is 0.308. The Labute approximate surface area is 111 Å². The van der Waals surface area contributed by atoms with Gasteiger partial charge in [-0.2, -0.15) is 22.8 Å². The van der Waals surface area contributed by atoms with Gasteiger partial charge in [0.2, 0.25) is 0 Å². The van der Waals surface area contributed by atoms with Gasteiger partial charge in [-0.05, 0) is 37.6 Å². The van der Waals surface area contributed by atoms with Crippen LogP contribution in [0.3, 0.4) is 0 Å². The second kappa shape index (κ2) is 5.35. The summed E-state index contributed by atoms with van der Waals surface area (Å²) in [6, 6.07) is 5.45. The van der Waals surface area contributed by atoms with Crippen molar-refractivity contribution in [1.29, 1.82) is 0 Å². The summed E-state index contributed by atoms with van der Waals surface area (Å²) in [5, 5.41) is 11.9. The molecule has 0 atom stereocenters. The van der Waals surface area contributed by atoms with Gasteiger partial charge in [-0.3, -0.25) is 4.79 Å². The molecule has 4 nitrogen and oxygen atoms in total. The first kappa shape index (κ1) is 12.8. The molecule has 18 heavy (non-hydrogen) atoms. The molecule has 0 aliphatic carbocycles. The molecule has 2 aromatic rings. The van der Waals surface area contributed by atoms with Crippen LogP contribution < -0.4 is 5.32 Å². The predicted molar refractivity (Wildman–Crippen MR) is 75.2 cm³/mol. The van der Waals surface area contributed by atoms with E-state index in [1.54, 1.807) is 6.07 Å². The molecule has 1 N–H and O–H groups in total. The van der Waals surface area contributed by atoms with Gasteiger partial charge in [0.05, 0.1) is 11.2 Å². The number of aromatic nitrogens is 2. The molecular formula is C13H15N3OS. The topological polar surface area (TPSA) is 54.9 Å². The molecule has 1 amide bonds. The highest BCUT2D eigenvalue weighted by Gasteiger charge is 2.08. The first-order chi connectivity index (χ1) is 8.63. The van der Waals surface area contributed by atoms with Gasteiger partial charge in [-0.1, -0.05) is 0 Å². The van der Waals surface area contributed by atoms with Crippen molar-refractivity contribution >= 4 is 29.4 Å². The average Bonchev–Trinajstić information content (AvgIpc) is 2.40. The molecule has 2 rings (SSSR count). The summed E-state index contributed by atoms with van der Waals surface area (Å²) in [5.41, 5.74) is 3.39. The fourth-order valence-electron chi connectivity index (χ4n) is 1.74. The molecular weight excluding hydrogens is 246 g/mol. The largest absolute Gasteiger partial charge is 0.351 e. The minimum Gasteiger partial charge on any atom is -0.351 e. The zero-order valence-electron chi connectivity index (χ0n) is 10.4. The van der Waals surface area contributed by atoms with Crippen LogP contribution in [0.1, 0.15) is 21.6 Å². The normalized spacial score (nSPS) is 10.6. The lowest BCUT2D eigenvalue weighted by atomic mass is 10.1. The molecule has 1 heterocycles. The number of amides is 1. The molecule has 5 heteroatoms. The maximum Gasteiger partial charge on any atom is 0.251 e. The summed E-state index contributed by atoms with van der Waals surface area (Å²) in [7, 11) is 0. The van der Waals surface area contributed by atoms with Gasteiger partial charge in [0.1, 0.15) is 0 Å². The Kier molecular flexibility index (Phi) is 3.81. The number of nitrogens with zero attached hydrogens (tertiary/aromatic N) is 2. The summed E-state index contributed by atoms with van der Waals surface area (Å²) in [6.07, 6.45) is 0. The van der Waals surface area contributed by atoms with E-state index in [0.717, 1.165) is 22.2 Å². The summed E-state index contributed by atoms with van der Waals surface area (Å²) in [4.78, 5) is 11.9. The van der Waals surface area contributed by atoms with Crippen LogP contribution in [0.5, 0.6) is 0 Å². The Morgan fingerprint density at radius 3 is 2.83 bits per heavy atom. The highest BCUT2D eigenvalue weighted by molar-refractivity contribution is 7.80. The number of carbonyl (C=O) groups excluding carboxylic acids is 1. The highest BCUT2D eigenvalue weighted by Crippen LogP contribution is 2.19. The number of fused-ring (bicyclic) bond motifs is 1. The quantitative estimate of drug-likeness (QED) is 0.830. The Bertz CT molecular complexity index is 598. The molecule has 0 aliphatic rings. The van der Waals surface area contributed by atoms with E-state index in [1.165, 1.54) is 0 Å². The van der Waals surface area contributed by atoms with Crippen molar-refractivity contribution < 1.29 is 4.79 Å². The summed E-state index contributed by atoms with van der Waals surface area (Å²) < 4.78 is 0. The lowest BCUT2D eigenvalue weighted by molar-refractivity contribution is 0.0956. The van der Waals surface area contributed by atoms with Gasteiger partial charge in [-0.15, -0.1) is 0 Å². The van der Waals surface area contributed by atoms with E-state index in [9.17, 15) is 4.79 Å². The molecule has 0 spiro atoms. The molecule has 0 saturated heterocycles. The third-order valence-electron chi connectivity index (χ3n) is 2.91. The van der Waals surface area contributed by atoms with E-state index >= 15 is 0 Å². The molecule has 94 valence electrons. The SMILES string of the molecule is Cc1nnc2ccc(C(=O)NCCS)cc2c1C. The standard InChI is InChI=1S/C13H15N3OS/c1-8-9(2)15-16-12-4-3-10(7-11(8)12)13(17)14-5-6-18/h3-4,7,18H,5-6H2,1-2H3,(H,14,17). The second-order valence-electron chi connectivity index (χ2n) is 4.12. The van der Waals surface area contributed by atoms with Crippen LogP contribution in [0, 0.1) is 13.8 Å². The molecule has 0 radical (unpaired) electrons. The van der Waals surface area contributed by atoms with Crippen molar-refractivity contribution in [3.63, 3.8) is 0 Å². The van der Waals surface area contributed by atoms with Gasteiger partial charge in [0.25, 0.3) is 5.91 Å². The number of thiol groups is 1. The third-order valence-corrected chi connectivity index (χ3v) is 3.13. The van der Waals surface area contributed by atoms with Crippen LogP contribution in [0.2, 0.25) is 0 Å². The van der Waals surface area contributed by atoms with E-state index in [-0.39, 0.29) is 5.91 Å². The van der Waals surface area contributed by atoms with Gasteiger partial charge < -0.3 is 5.32 Å². The zero-order chi connectivity index (χ0) is 13.1. The summed E-state index contributed by atoms with van der Waals surface area (Å²) in [6.45, 7) is 4.46. The molecule has 0 bridgehead atoms. The molecule has 0 saturated carbocycles. The van der Waals surface area contributed by atoms with Crippen LogP contribution in [0.4, 0.5) is 0 Å². The maximum absolute atomic E-state index is 11.9. The Balaban J connectivity index is 2.43. The van der Waals surface area contributed by atoms with Gasteiger partial charge in [0.15, 0.2) is 0 Å². The van der Waals surface area contributed by atoms with Crippen LogP contribution in [0.25, 0.3) is 10.9 Å². The van der Waals surface area contributed by atoms with Crippen molar-refractivity contribution in [3.05, 3.63) is 35.0 Å². The number of aryl methyl sites for hydroxylation is 2. The molecule has 0 fully saturated rings. The lowest BCUT2D eigenvalue weighted by Gasteiger charge is -2.07. The zero-order valence-corrected chi connectivity index (χ0v) is 11.3. The smallest absolute Gasteiger partial charge is 0.251 e. The first-order valence-corrected chi connectivity index (χ1v) is 6.39. The molecule has 0 unspecified atom stereocenters. The van der Waals surface area contributed by atoms with E-state index in [0.29, 0.717) is 17.9 Å². The third kappa shape index (κ3) is 2.46. The minimum absolute atomic E-state index is 0.0835. The van der Waals surface area contributed by atoms with Crippen LogP contribution in [0.15, 0.2) is 18.2 Å². The molecule has 1 aromatic carbocycles. The van der Waals surface area contributed by atoms with Crippen LogP contribution in [-0.4, -0.2) is 28.4 Å². The first-order valence-electron chi connectivity index (χ1n) is 5.76. The van der Waals surface area contributed by atoms with Gasteiger partial charge in [0, 0.05) is 23.2 Å². The Morgan fingerprint density at radius 2 is 2.11 bits per heavy atom. The van der Waals surface area contributed by atoms with E-state index in [2.05, 4.69) is 28.1 Å². The van der Waals surface area contributed by atoms with Gasteiger partial charge >= 0.3 is 0 Å². The Morgan fingerprint density at radius 1 is 1.33 bits per heavy atom. The number of carbonyl (C=O) groups is 1. The van der Waals surface area contributed by atoms with Gasteiger partial charge in [-0.25, -0.2) is 0 Å². The fourth-order valence-corrected chi connectivity index (χ4v) is 1.85. The number of rotatable bonds is 3. The van der Waals surface area contributed by atoms with E-state index in [4.69, 9.17) is 0 Å². The van der Waals surface area contributed by atoms with Crippen molar-refractivity contribution in [2.75, 3.05) is 12.3 Å². The van der Waals surface area contributed by atoms with Crippen LogP contribution >= 0.6 is 12.6 Å². The average molecular weight is 261 g/mol. The maximum atomic E-state index is 11.9. The van der Waals surface area contributed by atoms with Crippen LogP contribution in [-0.2, 0) is 0 Å². The predicted octanol–water partition coefficient (Wildman–Crippen LogP) is 1.91.